The van der Waals surface area contributed by atoms with Crippen LogP contribution in [0.5, 0.6) is 0 Å². The fourth-order valence-corrected chi connectivity index (χ4v) is 2.75. The first-order chi connectivity index (χ1) is 12.6. The number of para-hydroxylation sites is 1. The Morgan fingerprint density at radius 2 is 1.85 bits per heavy atom. The normalized spacial score (nSPS) is 10.4. The number of carbonyl (C=O) groups excluding carboxylic acids is 1. The summed E-state index contributed by atoms with van der Waals surface area (Å²) < 4.78 is 0. The van der Waals surface area contributed by atoms with E-state index in [9.17, 15) is 4.79 Å². The predicted molar refractivity (Wildman–Crippen MR) is 105 cm³/mol. The van der Waals surface area contributed by atoms with Crippen molar-refractivity contribution >= 4 is 34.8 Å². The zero-order chi connectivity index (χ0) is 18.5. The summed E-state index contributed by atoms with van der Waals surface area (Å²) in [7, 11) is 0. The highest BCUT2D eigenvalue weighted by molar-refractivity contribution is 6.33. The lowest BCUT2D eigenvalue weighted by atomic mass is 10.2. The largest absolute Gasteiger partial charge is 0.321 e. The molecule has 0 bridgehead atoms. The maximum Gasteiger partial charge on any atom is 0.258 e. The number of rotatable bonds is 5. The molecule has 5 nitrogen and oxygen atoms in total. The number of nitrogens with one attached hydrogen (secondary N) is 1. The molecule has 1 amide bonds. The lowest BCUT2D eigenvalue weighted by Crippen LogP contribution is -2.20. The molecule has 0 saturated carbocycles. The van der Waals surface area contributed by atoms with Crippen LogP contribution in [-0.4, -0.2) is 22.4 Å². The SMILES string of the molecule is CCN(c1cccc(C)c1)c1ncc(C(=O)Nc2ccccc2Cl)cn1. The summed E-state index contributed by atoms with van der Waals surface area (Å²) >= 11 is 6.07. The molecule has 3 aromatic rings. The molecular formula is C20H19ClN4O. The van der Waals surface area contributed by atoms with Crippen LogP contribution >= 0.6 is 11.6 Å². The molecule has 1 aromatic heterocycles. The lowest BCUT2D eigenvalue weighted by Gasteiger charge is -2.21. The van der Waals surface area contributed by atoms with Crippen LogP contribution in [0.25, 0.3) is 0 Å². The van der Waals surface area contributed by atoms with Crippen LogP contribution in [0.3, 0.4) is 0 Å². The van der Waals surface area contributed by atoms with Gasteiger partial charge in [-0.15, -0.1) is 0 Å². The van der Waals surface area contributed by atoms with Crippen molar-refractivity contribution in [2.75, 3.05) is 16.8 Å². The highest BCUT2D eigenvalue weighted by atomic mass is 35.5. The standard InChI is InChI=1S/C20H19ClN4O/c1-3-25(16-8-6-7-14(2)11-16)20-22-12-15(13-23-20)19(26)24-18-10-5-4-9-17(18)21/h4-13H,3H2,1-2H3,(H,24,26). The molecule has 0 aliphatic carbocycles. The molecule has 1 heterocycles. The van der Waals surface area contributed by atoms with Gasteiger partial charge in [0.1, 0.15) is 0 Å². The van der Waals surface area contributed by atoms with E-state index in [0.29, 0.717) is 28.8 Å². The van der Waals surface area contributed by atoms with E-state index in [4.69, 9.17) is 11.6 Å². The first-order valence-electron chi connectivity index (χ1n) is 8.30. The second-order valence-corrected chi connectivity index (χ2v) is 6.20. The molecule has 0 radical (unpaired) electrons. The summed E-state index contributed by atoms with van der Waals surface area (Å²) in [5, 5.41) is 3.25. The Kier molecular flexibility index (Phi) is 5.49. The van der Waals surface area contributed by atoms with E-state index in [1.54, 1.807) is 18.2 Å². The fraction of sp³-hybridized carbons (Fsp3) is 0.150. The number of carbonyl (C=O) groups is 1. The van der Waals surface area contributed by atoms with Crippen molar-refractivity contribution < 1.29 is 4.79 Å². The second kappa shape index (κ2) is 7.97. The number of halogens is 1. The molecule has 0 aliphatic rings. The summed E-state index contributed by atoms with van der Waals surface area (Å²) in [5.41, 5.74) is 3.10. The van der Waals surface area contributed by atoms with Crippen LogP contribution in [-0.2, 0) is 0 Å². The third-order valence-electron chi connectivity index (χ3n) is 3.89. The molecule has 6 heteroatoms. The Labute approximate surface area is 157 Å². The van der Waals surface area contributed by atoms with Crippen molar-refractivity contribution in [2.45, 2.75) is 13.8 Å². The zero-order valence-corrected chi connectivity index (χ0v) is 15.4. The Morgan fingerprint density at radius 1 is 1.12 bits per heavy atom. The smallest absolute Gasteiger partial charge is 0.258 e. The quantitative estimate of drug-likeness (QED) is 0.701. The van der Waals surface area contributed by atoms with Gasteiger partial charge in [-0.25, -0.2) is 9.97 Å². The molecule has 0 fully saturated rings. The molecule has 2 aromatic carbocycles. The molecule has 0 aliphatic heterocycles. The van der Waals surface area contributed by atoms with Crippen LogP contribution in [0.4, 0.5) is 17.3 Å². The summed E-state index contributed by atoms with van der Waals surface area (Å²) in [6.45, 7) is 4.79. The number of aryl methyl sites for hydroxylation is 1. The van der Waals surface area contributed by atoms with E-state index in [1.165, 1.54) is 12.4 Å². The van der Waals surface area contributed by atoms with Crippen molar-refractivity contribution in [1.82, 2.24) is 9.97 Å². The monoisotopic (exact) mass is 366 g/mol. The lowest BCUT2D eigenvalue weighted by molar-refractivity contribution is 0.102. The number of amides is 1. The van der Waals surface area contributed by atoms with E-state index in [0.717, 1.165) is 11.3 Å². The van der Waals surface area contributed by atoms with Crippen molar-refractivity contribution in [3.8, 4) is 0 Å². The van der Waals surface area contributed by atoms with Gasteiger partial charge in [-0.05, 0) is 43.7 Å². The minimum atomic E-state index is -0.303. The van der Waals surface area contributed by atoms with Gasteiger partial charge in [0.15, 0.2) is 0 Å². The van der Waals surface area contributed by atoms with E-state index in [-0.39, 0.29) is 5.91 Å². The maximum absolute atomic E-state index is 12.4. The topological polar surface area (TPSA) is 58.1 Å². The summed E-state index contributed by atoms with van der Waals surface area (Å²) in [5.74, 6) is 0.246. The zero-order valence-electron chi connectivity index (χ0n) is 14.6. The maximum atomic E-state index is 12.4. The van der Waals surface area contributed by atoms with Gasteiger partial charge < -0.3 is 10.2 Å². The Hall–Kier alpha value is -2.92. The van der Waals surface area contributed by atoms with Gasteiger partial charge in [0.2, 0.25) is 5.95 Å². The first kappa shape index (κ1) is 17.9. The Morgan fingerprint density at radius 3 is 2.50 bits per heavy atom. The van der Waals surface area contributed by atoms with Crippen molar-refractivity contribution in [1.29, 1.82) is 0 Å². The molecule has 0 saturated heterocycles. The third-order valence-corrected chi connectivity index (χ3v) is 4.22. The third kappa shape index (κ3) is 4.00. The van der Waals surface area contributed by atoms with E-state index >= 15 is 0 Å². The molecular weight excluding hydrogens is 348 g/mol. The highest BCUT2D eigenvalue weighted by Gasteiger charge is 2.13. The number of aromatic nitrogens is 2. The summed E-state index contributed by atoms with van der Waals surface area (Å²) in [6, 6.07) is 15.2. The minimum absolute atomic E-state index is 0.303. The summed E-state index contributed by atoms with van der Waals surface area (Å²) in [4.78, 5) is 23.1. The Balaban J connectivity index is 1.79. The van der Waals surface area contributed by atoms with Crippen LogP contribution < -0.4 is 10.2 Å². The van der Waals surface area contributed by atoms with Crippen LogP contribution in [0.15, 0.2) is 60.9 Å². The van der Waals surface area contributed by atoms with Gasteiger partial charge in [0.05, 0.1) is 16.3 Å². The van der Waals surface area contributed by atoms with Gasteiger partial charge in [0.25, 0.3) is 5.91 Å². The van der Waals surface area contributed by atoms with E-state index < -0.39 is 0 Å². The van der Waals surface area contributed by atoms with Crippen molar-refractivity contribution in [2.24, 2.45) is 0 Å². The van der Waals surface area contributed by atoms with Crippen LogP contribution in [0.2, 0.25) is 5.02 Å². The highest BCUT2D eigenvalue weighted by Crippen LogP contribution is 2.23. The predicted octanol–water partition coefficient (Wildman–Crippen LogP) is 4.85. The molecule has 0 unspecified atom stereocenters. The summed E-state index contributed by atoms with van der Waals surface area (Å²) in [6.07, 6.45) is 3.04. The number of anilines is 3. The van der Waals surface area contributed by atoms with Crippen molar-refractivity contribution in [3.63, 3.8) is 0 Å². The van der Waals surface area contributed by atoms with Gasteiger partial charge in [0, 0.05) is 24.6 Å². The number of hydrogen-bond donors (Lipinski definition) is 1. The average molecular weight is 367 g/mol. The molecule has 3 rings (SSSR count). The first-order valence-corrected chi connectivity index (χ1v) is 8.68. The van der Waals surface area contributed by atoms with Crippen LogP contribution in [0.1, 0.15) is 22.8 Å². The second-order valence-electron chi connectivity index (χ2n) is 5.79. The van der Waals surface area contributed by atoms with Crippen molar-refractivity contribution in [3.05, 3.63) is 77.1 Å². The Bertz CT molecular complexity index is 912. The molecule has 26 heavy (non-hydrogen) atoms. The number of nitrogens with zero attached hydrogens (tertiary/aromatic N) is 3. The minimum Gasteiger partial charge on any atom is -0.321 e. The molecule has 132 valence electrons. The molecule has 0 spiro atoms. The van der Waals surface area contributed by atoms with Crippen LogP contribution in [0, 0.1) is 6.92 Å². The van der Waals surface area contributed by atoms with Gasteiger partial charge in [-0.1, -0.05) is 35.9 Å². The average Bonchev–Trinajstić information content (AvgIpc) is 2.65. The molecule has 1 N–H and O–H groups in total. The number of benzene rings is 2. The van der Waals surface area contributed by atoms with E-state index in [2.05, 4.69) is 21.4 Å². The van der Waals surface area contributed by atoms with Gasteiger partial charge in [-0.2, -0.15) is 0 Å². The molecule has 0 atom stereocenters. The van der Waals surface area contributed by atoms with Gasteiger partial charge >= 0.3 is 0 Å². The number of hydrogen-bond acceptors (Lipinski definition) is 4. The fourth-order valence-electron chi connectivity index (χ4n) is 2.57. The van der Waals surface area contributed by atoms with Gasteiger partial charge in [-0.3, -0.25) is 4.79 Å². The van der Waals surface area contributed by atoms with E-state index in [1.807, 2.05) is 43.0 Å².